The number of nitrogens with zero attached hydrogens (tertiary/aromatic N) is 4. The second-order valence-electron chi connectivity index (χ2n) is 8.38. The Morgan fingerprint density at radius 3 is 2.68 bits per heavy atom. The minimum Gasteiger partial charge on any atom is -0.369 e. The van der Waals surface area contributed by atoms with Crippen molar-refractivity contribution in [3.05, 3.63) is 52.5 Å². The van der Waals surface area contributed by atoms with Crippen LogP contribution in [0.15, 0.2) is 36.5 Å². The van der Waals surface area contributed by atoms with E-state index in [9.17, 15) is 28.9 Å². The third-order valence-electron chi connectivity index (χ3n) is 6.10. The fourth-order valence-electron chi connectivity index (χ4n) is 4.25. The van der Waals surface area contributed by atoms with Gasteiger partial charge >= 0.3 is 5.69 Å². The van der Waals surface area contributed by atoms with E-state index in [1.165, 1.54) is 17.2 Å². The van der Waals surface area contributed by atoms with E-state index in [0.29, 0.717) is 18.1 Å². The maximum atomic E-state index is 13.6. The Labute approximate surface area is 193 Å². The van der Waals surface area contributed by atoms with Crippen molar-refractivity contribution in [1.82, 2.24) is 4.98 Å². The molecular weight excluding hydrogens is 447 g/mol. The molecule has 3 heterocycles. The molecule has 2 aliphatic heterocycles. The number of primary amides is 1. The van der Waals surface area contributed by atoms with Gasteiger partial charge in [0.25, 0.3) is 0 Å². The van der Waals surface area contributed by atoms with E-state index in [-0.39, 0.29) is 36.4 Å². The van der Waals surface area contributed by atoms with Gasteiger partial charge in [0.15, 0.2) is 0 Å². The van der Waals surface area contributed by atoms with Crippen molar-refractivity contribution < 1.29 is 23.7 Å². The summed E-state index contributed by atoms with van der Waals surface area (Å²) >= 11 is 0. The summed E-state index contributed by atoms with van der Waals surface area (Å²) in [6.07, 6.45) is 3.00. The lowest BCUT2D eigenvalue weighted by Gasteiger charge is -2.32. The number of nitro benzene ring substituents is 1. The van der Waals surface area contributed by atoms with E-state index in [1.54, 1.807) is 12.1 Å². The molecule has 0 radical (unpaired) electrons. The first-order valence-corrected chi connectivity index (χ1v) is 10.8. The number of aromatic nitrogens is 1. The first kappa shape index (κ1) is 23.1. The summed E-state index contributed by atoms with van der Waals surface area (Å²) < 4.78 is 13.6. The summed E-state index contributed by atoms with van der Waals surface area (Å²) in [6.45, 7) is 1.26. The van der Waals surface area contributed by atoms with Gasteiger partial charge < -0.3 is 20.9 Å². The molecule has 11 nitrogen and oxygen atoms in total. The number of hydrogen-bond acceptors (Lipinski definition) is 7. The highest BCUT2D eigenvalue weighted by Crippen LogP contribution is 2.30. The molecule has 2 saturated heterocycles. The van der Waals surface area contributed by atoms with Gasteiger partial charge in [-0.3, -0.25) is 24.5 Å². The highest BCUT2D eigenvalue weighted by atomic mass is 19.1. The molecule has 2 aromatic rings. The van der Waals surface area contributed by atoms with E-state index in [0.717, 1.165) is 31.5 Å². The average molecular weight is 470 g/mol. The topological polar surface area (TPSA) is 152 Å². The minimum atomic E-state index is -1.000. The number of halogens is 1. The zero-order chi connectivity index (χ0) is 24.4. The van der Waals surface area contributed by atoms with Crippen LogP contribution in [-0.4, -0.2) is 47.3 Å². The maximum Gasteiger partial charge on any atom is 0.306 e. The molecule has 12 heteroatoms. The molecule has 0 saturated carbocycles. The first-order chi connectivity index (χ1) is 16.2. The van der Waals surface area contributed by atoms with Crippen LogP contribution in [0.4, 0.5) is 27.3 Å². The lowest BCUT2D eigenvalue weighted by molar-refractivity contribution is -0.387. The van der Waals surface area contributed by atoms with Crippen LogP contribution in [0.3, 0.4) is 0 Å². The van der Waals surface area contributed by atoms with Gasteiger partial charge in [-0.25, -0.2) is 4.98 Å². The summed E-state index contributed by atoms with van der Waals surface area (Å²) in [5.41, 5.74) is 5.29. The van der Waals surface area contributed by atoms with Crippen molar-refractivity contribution in [3.63, 3.8) is 0 Å². The molecule has 1 aromatic heterocycles. The molecule has 178 valence electrons. The standard InChI is InChI=1S/C22H23FN6O5/c23-17-5-4-16(9-18(17)29(33)34)28-12-14(8-20(28)30)22(32)26-15-3-6-19(25-10-15)27-7-1-2-13(11-27)21(24)31/h3-6,9-10,13-14H,1-2,7-8,11-12H2,(H2,24,31)(H,26,32). The van der Waals surface area contributed by atoms with E-state index in [1.807, 2.05) is 4.90 Å². The van der Waals surface area contributed by atoms with E-state index >= 15 is 0 Å². The molecule has 2 unspecified atom stereocenters. The first-order valence-electron chi connectivity index (χ1n) is 10.8. The quantitative estimate of drug-likeness (QED) is 0.482. The normalized spacial score (nSPS) is 20.3. The molecular formula is C22H23FN6O5. The second-order valence-corrected chi connectivity index (χ2v) is 8.38. The number of benzene rings is 1. The number of rotatable bonds is 6. The van der Waals surface area contributed by atoms with E-state index in [2.05, 4.69) is 10.3 Å². The van der Waals surface area contributed by atoms with Gasteiger partial charge in [0.05, 0.1) is 34.3 Å². The van der Waals surface area contributed by atoms with Gasteiger partial charge in [-0.05, 0) is 37.1 Å². The SMILES string of the molecule is NC(=O)C1CCCN(c2ccc(NC(=O)C3CC(=O)N(c4ccc(F)c([N+](=O)[O-])c4)C3)cn2)C1. The molecule has 34 heavy (non-hydrogen) atoms. The lowest BCUT2D eigenvalue weighted by atomic mass is 9.97. The van der Waals surface area contributed by atoms with Crippen molar-refractivity contribution in [3.8, 4) is 0 Å². The molecule has 3 N–H and O–H groups in total. The van der Waals surface area contributed by atoms with Crippen LogP contribution in [0.25, 0.3) is 0 Å². The van der Waals surface area contributed by atoms with Crippen LogP contribution in [0.2, 0.25) is 0 Å². The zero-order valence-corrected chi connectivity index (χ0v) is 18.1. The Bertz CT molecular complexity index is 1140. The molecule has 2 atom stereocenters. The number of anilines is 3. The smallest absolute Gasteiger partial charge is 0.306 e. The fourth-order valence-corrected chi connectivity index (χ4v) is 4.25. The summed E-state index contributed by atoms with van der Waals surface area (Å²) in [4.78, 5) is 54.3. The number of nitro groups is 1. The number of carbonyl (C=O) groups excluding carboxylic acids is 3. The van der Waals surface area contributed by atoms with Gasteiger partial charge in [-0.2, -0.15) is 4.39 Å². The maximum absolute atomic E-state index is 13.6. The fraction of sp³-hybridized carbons (Fsp3) is 0.364. The second kappa shape index (κ2) is 9.41. The van der Waals surface area contributed by atoms with Crippen molar-refractivity contribution in [1.29, 1.82) is 0 Å². The molecule has 4 rings (SSSR count). The highest BCUT2D eigenvalue weighted by Gasteiger charge is 2.36. The molecule has 2 fully saturated rings. The van der Waals surface area contributed by atoms with Crippen LogP contribution in [0.5, 0.6) is 0 Å². The van der Waals surface area contributed by atoms with Crippen LogP contribution >= 0.6 is 0 Å². The minimum absolute atomic E-state index is 0.0151. The van der Waals surface area contributed by atoms with Crippen LogP contribution in [-0.2, 0) is 14.4 Å². The largest absolute Gasteiger partial charge is 0.369 e. The van der Waals surface area contributed by atoms with Gasteiger partial charge in [0.1, 0.15) is 5.82 Å². The highest BCUT2D eigenvalue weighted by molar-refractivity contribution is 6.03. The Morgan fingerprint density at radius 1 is 1.21 bits per heavy atom. The summed E-state index contributed by atoms with van der Waals surface area (Å²) in [5.74, 6) is -2.35. The van der Waals surface area contributed by atoms with Gasteiger partial charge in [-0.15, -0.1) is 0 Å². The van der Waals surface area contributed by atoms with Gasteiger partial charge in [0.2, 0.25) is 23.5 Å². The molecule has 2 aliphatic rings. The Hall–Kier alpha value is -4.09. The van der Waals surface area contributed by atoms with E-state index < -0.39 is 28.3 Å². The predicted molar refractivity (Wildman–Crippen MR) is 121 cm³/mol. The van der Waals surface area contributed by atoms with Crippen LogP contribution < -0.4 is 20.9 Å². The number of pyridine rings is 1. The number of carbonyl (C=O) groups is 3. The number of nitrogens with two attached hydrogens (primary N) is 1. The molecule has 1 aromatic carbocycles. The van der Waals surface area contributed by atoms with Crippen LogP contribution in [0.1, 0.15) is 19.3 Å². The number of nitrogens with one attached hydrogen (secondary N) is 1. The third kappa shape index (κ3) is 4.80. The van der Waals surface area contributed by atoms with Crippen molar-refractivity contribution >= 4 is 40.6 Å². The number of amides is 3. The third-order valence-corrected chi connectivity index (χ3v) is 6.10. The monoisotopic (exact) mass is 470 g/mol. The molecule has 0 bridgehead atoms. The molecule has 0 spiro atoms. The average Bonchev–Trinajstić information content (AvgIpc) is 3.21. The zero-order valence-electron chi connectivity index (χ0n) is 18.1. The van der Waals surface area contributed by atoms with Crippen molar-refractivity contribution in [2.24, 2.45) is 17.6 Å². The Balaban J connectivity index is 1.39. The lowest BCUT2D eigenvalue weighted by Crippen LogP contribution is -2.41. The number of piperidine rings is 1. The summed E-state index contributed by atoms with van der Waals surface area (Å²) in [5, 5.41) is 13.7. The molecule has 0 aliphatic carbocycles. The van der Waals surface area contributed by atoms with E-state index in [4.69, 9.17) is 5.73 Å². The Kier molecular flexibility index (Phi) is 6.39. The molecule has 3 amide bonds. The van der Waals surface area contributed by atoms with Crippen LogP contribution in [0, 0.1) is 27.8 Å². The summed E-state index contributed by atoms with van der Waals surface area (Å²) in [7, 11) is 0. The van der Waals surface area contributed by atoms with Gasteiger partial charge in [0, 0.05) is 32.1 Å². The Morgan fingerprint density at radius 2 is 2.00 bits per heavy atom. The van der Waals surface area contributed by atoms with Crippen molar-refractivity contribution in [2.75, 3.05) is 34.8 Å². The van der Waals surface area contributed by atoms with Gasteiger partial charge in [-0.1, -0.05) is 0 Å². The van der Waals surface area contributed by atoms with Crippen molar-refractivity contribution in [2.45, 2.75) is 19.3 Å². The summed E-state index contributed by atoms with van der Waals surface area (Å²) in [6, 6.07) is 6.61. The number of hydrogen-bond donors (Lipinski definition) is 2. The predicted octanol–water partition coefficient (Wildman–Crippen LogP) is 1.82.